The number of phenolic OH excluding ortho intramolecular Hbond substituents is 1. The van der Waals surface area contributed by atoms with Crippen molar-refractivity contribution in [1.29, 1.82) is 0 Å². The van der Waals surface area contributed by atoms with Gasteiger partial charge in [-0.05, 0) is 50.6 Å². The molecule has 0 radical (unpaired) electrons. The van der Waals surface area contributed by atoms with Gasteiger partial charge in [-0.15, -0.1) is 21.5 Å². The van der Waals surface area contributed by atoms with Gasteiger partial charge in [0.05, 0.1) is 12.1 Å². The molecule has 0 saturated carbocycles. The number of anilines is 1. The fourth-order valence-electron chi connectivity index (χ4n) is 4.10. The SMILES string of the molecule is Cc1sc2c(c1C)C(c1ccc(Cl)cc1)=N[C@@H](CC(=O)Nc1cccc(O)c1)c1nnc(C)n1-2. The fraction of sp³-hybridized carbons (Fsp3) is 0.200. The summed E-state index contributed by atoms with van der Waals surface area (Å²) in [7, 11) is 0. The van der Waals surface area contributed by atoms with Crippen molar-refractivity contribution in [3.05, 3.63) is 86.8 Å². The maximum absolute atomic E-state index is 13.0. The molecule has 5 rings (SSSR count). The van der Waals surface area contributed by atoms with Gasteiger partial charge in [0.2, 0.25) is 5.91 Å². The Morgan fingerprint density at radius 1 is 1.15 bits per heavy atom. The first-order valence-electron chi connectivity index (χ1n) is 10.8. The van der Waals surface area contributed by atoms with E-state index in [-0.39, 0.29) is 18.1 Å². The number of thiophene rings is 1. The Balaban J connectivity index is 1.62. The van der Waals surface area contributed by atoms with E-state index in [4.69, 9.17) is 16.6 Å². The number of nitrogens with zero attached hydrogens (tertiary/aromatic N) is 4. The summed E-state index contributed by atoms with van der Waals surface area (Å²) in [6.45, 7) is 6.08. The number of aromatic nitrogens is 3. The summed E-state index contributed by atoms with van der Waals surface area (Å²) in [5.74, 6) is 1.21. The Bertz CT molecular complexity index is 1440. The number of carbonyl (C=O) groups is 1. The number of fused-ring (bicyclic) bond motifs is 3. The van der Waals surface area contributed by atoms with E-state index in [1.165, 1.54) is 10.9 Å². The van der Waals surface area contributed by atoms with Crippen LogP contribution in [0.1, 0.15) is 45.7 Å². The van der Waals surface area contributed by atoms with Crippen molar-refractivity contribution in [2.45, 2.75) is 33.2 Å². The lowest BCUT2D eigenvalue weighted by Crippen LogP contribution is -2.17. The highest BCUT2D eigenvalue weighted by molar-refractivity contribution is 7.15. The molecule has 0 unspecified atom stereocenters. The molecular formula is C25H22ClN5O2S. The van der Waals surface area contributed by atoms with Crippen molar-refractivity contribution in [1.82, 2.24) is 14.8 Å². The van der Waals surface area contributed by atoms with Crippen LogP contribution in [0.25, 0.3) is 5.00 Å². The van der Waals surface area contributed by atoms with Gasteiger partial charge in [0.1, 0.15) is 22.6 Å². The Kier molecular flexibility index (Phi) is 5.71. The average molecular weight is 492 g/mol. The van der Waals surface area contributed by atoms with Crippen molar-refractivity contribution in [3.63, 3.8) is 0 Å². The number of aliphatic imine (C=N–C) groups is 1. The second-order valence-electron chi connectivity index (χ2n) is 8.21. The van der Waals surface area contributed by atoms with Crippen LogP contribution in [-0.2, 0) is 4.79 Å². The van der Waals surface area contributed by atoms with Gasteiger partial charge in [-0.2, -0.15) is 0 Å². The van der Waals surface area contributed by atoms with Gasteiger partial charge in [0, 0.05) is 32.8 Å². The van der Waals surface area contributed by atoms with E-state index in [1.54, 1.807) is 29.5 Å². The van der Waals surface area contributed by atoms with Crippen molar-refractivity contribution in [2.75, 3.05) is 5.32 Å². The second kappa shape index (κ2) is 8.70. The molecule has 9 heteroatoms. The summed E-state index contributed by atoms with van der Waals surface area (Å²) in [5.41, 5.74) is 4.39. The first kappa shape index (κ1) is 22.3. The molecule has 172 valence electrons. The van der Waals surface area contributed by atoms with E-state index in [0.29, 0.717) is 16.5 Å². The van der Waals surface area contributed by atoms with E-state index < -0.39 is 6.04 Å². The first-order valence-corrected chi connectivity index (χ1v) is 12.0. The minimum Gasteiger partial charge on any atom is -0.508 e. The summed E-state index contributed by atoms with van der Waals surface area (Å²) >= 11 is 7.82. The molecular weight excluding hydrogens is 470 g/mol. The molecule has 1 aliphatic heterocycles. The molecule has 0 aliphatic carbocycles. The molecule has 34 heavy (non-hydrogen) atoms. The molecule has 7 nitrogen and oxygen atoms in total. The van der Waals surface area contributed by atoms with Crippen molar-refractivity contribution >= 4 is 40.2 Å². The zero-order valence-electron chi connectivity index (χ0n) is 18.8. The quantitative estimate of drug-likeness (QED) is 0.392. The molecule has 2 N–H and O–H groups in total. The van der Waals surface area contributed by atoms with Crippen molar-refractivity contribution < 1.29 is 9.90 Å². The third-order valence-corrected chi connectivity index (χ3v) is 7.31. The lowest BCUT2D eigenvalue weighted by Gasteiger charge is -2.13. The van der Waals surface area contributed by atoms with E-state index in [9.17, 15) is 9.90 Å². The lowest BCUT2D eigenvalue weighted by atomic mass is 9.99. The van der Waals surface area contributed by atoms with E-state index >= 15 is 0 Å². The Morgan fingerprint density at radius 3 is 2.65 bits per heavy atom. The smallest absolute Gasteiger partial charge is 0.227 e. The summed E-state index contributed by atoms with van der Waals surface area (Å²) in [6, 6.07) is 13.5. The molecule has 0 fully saturated rings. The Morgan fingerprint density at radius 2 is 1.91 bits per heavy atom. The topological polar surface area (TPSA) is 92.4 Å². The third-order valence-electron chi connectivity index (χ3n) is 5.87. The number of carbonyl (C=O) groups excluding carboxylic acids is 1. The third kappa shape index (κ3) is 3.99. The van der Waals surface area contributed by atoms with Gasteiger partial charge in [-0.1, -0.05) is 29.8 Å². The van der Waals surface area contributed by atoms with Crippen LogP contribution in [0, 0.1) is 20.8 Å². The van der Waals surface area contributed by atoms with E-state index in [0.717, 1.165) is 33.2 Å². The van der Waals surface area contributed by atoms with Gasteiger partial charge >= 0.3 is 0 Å². The number of amides is 1. The predicted molar refractivity (Wildman–Crippen MR) is 135 cm³/mol. The monoisotopic (exact) mass is 491 g/mol. The molecule has 2 aromatic heterocycles. The zero-order chi connectivity index (χ0) is 24.0. The highest BCUT2D eigenvalue weighted by Crippen LogP contribution is 2.39. The van der Waals surface area contributed by atoms with Crippen LogP contribution in [0.15, 0.2) is 53.5 Å². The van der Waals surface area contributed by atoms with Crippen LogP contribution in [-0.4, -0.2) is 31.5 Å². The number of benzene rings is 2. The molecule has 0 saturated heterocycles. The summed E-state index contributed by atoms with van der Waals surface area (Å²) in [5, 5.41) is 22.9. The summed E-state index contributed by atoms with van der Waals surface area (Å²) < 4.78 is 2.01. The number of hydrogen-bond acceptors (Lipinski definition) is 6. The minimum absolute atomic E-state index is 0.0673. The fourth-order valence-corrected chi connectivity index (χ4v) is 5.44. The number of rotatable bonds is 4. The molecule has 2 aromatic carbocycles. The predicted octanol–water partition coefficient (Wildman–Crippen LogP) is 5.53. The molecule has 1 aliphatic rings. The first-order chi connectivity index (χ1) is 16.3. The van der Waals surface area contributed by atoms with Crippen LogP contribution in [0.5, 0.6) is 5.75 Å². The maximum Gasteiger partial charge on any atom is 0.227 e. The number of halogens is 1. The second-order valence-corrected chi connectivity index (χ2v) is 9.85. The van der Waals surface area contributed by atoms with Crippen LogP contribution in [0.3, 0.4) is 0 Å². The zero-order valence-corrected chi connectivity index (χ0v) is 20.4. The standard InChI is InChI=1S/C25H22ClN5O2S/c1-13-14(2)34-25-22(13)23(16-7-9-17(26)10-8-16)28-20(24-30-29-15(3)31(24)25)12-21(33)27-18-5-4-6-19(32)11-18/h4-11,20,32H,12H2,1-3H3,(H,27,33)/t20-/m0/s1. The van der Waals surface area contributed by atoms with Crippen molar-refractivity contribution in [3.8, 4) is 10.8 Å². The molecule has 0 spiro atoms. The summed E-state index contributed by atoms with van der Waals surface area (Å²) in [4.78, 5) is 19.3. The van der Waals surface area contributed by atoms with E-state index in [1.807, 2.05) is 35.8 Å². The Labute approximate surface area is 205 Å². The highest BCUT2D eigenvalue weighted by atomic mass is 35.5. The molecule has 1 atom stereocenters. The van der Waals surface area contributed by atoms with E-state index in [2.05, 4.69) is 29.4 Å². The van der Waals surface area contributed by atoms with Crippen molar-refractivity contribution in [2.24, 2.45) is 4.99 Å². The number of aromatic hydroxyl groups is 1. The number of aryl methyl sites for hydroxylation is 2. The van der Waals surface area contributed by atoms with Gasteiger partial charge < -0.3 is 10.4 Å². The molecule has 4 aromatic rings. The van der Waals surface area contributed by atoms with Gasteiger partial charge in [-0.25, -0.2) is 0 Å². The molecule has 3 heterocycles. The van der Waals surface area contributed by atoms with Gasteiger partial charge in [0.15, 0.2) is 5.82 Å². The average Bonchev–Trinajstić information content (AvgIpc) is 3.27. The van der Waals surface area contributed by atoms with Gasteiger partial charge in [0.25, 0.3) is 0 Å². The Hall–Kier alpha value is -3.49. The lowest BCUT2D eigenvalue weighted by molar-refractivity contribution is -0.116. The van der Waals surface area contributed by atoms with Crippen LogP contribution < -0.4 is 5.32 Å². The molecule has 1 amide bonds. The van der Waals surface area contributed by atoms with Gasteiger partial charge in [-0.3, -0.25) is 14.4 Å². The normalized spacial score (nSPS) is 14.7. The van der Waals surface area contributed by atoms with Crippen LogP contribution in [0.4, 0.5) is 5.69 Å². The largest absolute Gasteiger partial charge is 0.508 e. The number of hydrogen-bond donors (Lipinski definition) is 2. The highest BCUT2D eigenvalue weighted by Gasteiger charge is 2.32. The number of nitrogens with one attached hydrogen (secondary N) is 1. The minimum atomic E-state index is -0.552. The summed E-state index contributed by atoms with van der Waals surface area (Å²) in [6.07, 6.45) is 0.0673. The molecule has 0 bridgehead atoms. The number of phenols is 1. The van der Waals surface area contributed by atoms with Crippen LogP contribution in [0.2, 0.25) is 5.02 Å². The maximum atomic E-state index is 13.0. The van der Waals surface area contributed by atoms with Crippen LogP contribution >= 0.6 is 22.9 Å².